The van der Waals surface area contributed by atoms with Gasteiger partial charge in [-0.25, -0.2) is 4.99 Å². The van der Waals surface area contributed by atoms with Crippen LogP contribution in [0.3, 0.4) is 0 Å². The van der Waals surface area contributed by atoms with Gasteiger partial charge in [0, 0.05) is 18.0 Å². The van der Waals surface area contributed by atoms with E-state index in [4.69, 9.17) is 4.99 Å². The van der Waals surface area contributed by atoms with E-state index in [1.54, 1.807) is 0 Å². The molecule has 1 spiro atoms. The first-order valence-corrected chi connectivity index (χ1v) is 11.2. The molecule has 3 nitrogen and oxygen atoms in total. The lowest BCUT2D eigenvalue weighted by atomic mass is 9.62. The lowest BCUT2D eigenvalue weighted by Crippen LogP contribution is -2.46. The topological polar surface area (TPSA) is 27.6 Å². The highest BCUT2D eigenvalue weighted by molar-refractivity contribution is 5.92. The van der Waals surface area contributed by atoms with Gasteiger partial charge < -0.3 is 5.32 Å². The fraction of sp³-hybridized carbons (Fsp3) is 0.640. The molecule has 1 aliphatic carbocycles. The van der Waals surface area contributed by atoms with Gasteiger partial charge in [-0.2, -0.15) is 0 Å². The van der Waals surface area contributed by atoms with Crippen LogP contribution >= 0.6 is 0 Å². The predicted octanol–water partition coefficient (Wildman–Crippen LogP) is 5.08. The van der Waals surface area contributed by atoms with E-state index in [9.17, 15) is 0 Å². The summed E-state index contributed by atoms with van der Waals surface area (Å²) in [6.07, 6.45) is 15.2. The Hall–Kier alpha value is -1.79. The quantitative estimate of drug-likeness (QED) is 0.693. The molecule has 0 aromatic rings. The van der Waals surface area contributed by atoms with Gasteiger partial charge in [0.1, 0.15) is 5.84 Å². The molecule has 3 heteroatoms. The third kappa shape index (κ3) is 4.78. The minimum atomic E-state index is 0.264. The van der Waals surface area contributed by atoms with Gasteiger partial charge in [-0.15, -0.1) is 0 Å². The molecule has 3 rings (SSSR count). The average Bonchev–Trinajstić information content (AvgIpc) is 2.68. The zero-order valence-electron chi connectivity index (χ0n) is 18.3. The van der Waals surface area contributed by atoms with Crippen LogP contribution in [-0.2, 0) is 0 Å². The molecule has 28 heavy (non-hydrogen) atoms. The van der Waals surface area contributed by atoms with Crippen molar-refractivity contribution in [2.24, 2.45) is 16.3 Å². The maximum Gasteiger partial charge on any atom is 0.109 e. The second-order valence-corrected chi connectivity index (χ2v) is 8.69. The summed E-state index contributed by atoms with van der Waals surface area (Å²) in [5.41, 5.74) is 3.82. The number of amidine groups is 1. The van der Waals surface area contributed by atoms with E-state index in [0.717, 1.165) is 36.6 Å². The molecular formula is C25H37N3. The fourth-order valence-electron chi connectivity index (χ4n) is 4.55. The number of nitrogens with zero attached hydrogens (tertiary/aromatic N) is 2. The molecule has 0 aromatic carbocycles. The molecule has 2 aliphatic heterocycles. The van der Waals surface area contributed by atoms with Crippen molar-refractivity contribution in [3.8, 4) is 11.8 Å². The summed E-state index contributed by atoms with van der Waals surface area (Å²) in [5.74, 6) is 8.89. The number of hydrogen-bond acceptors (Lipinski definition) is 3. The largest absolute Gasteiger partial charge is 0.376 e. The summed E-state index contributed by atoms with van der Waals surface area (Å²) < 4.78 is 0. The minimum Gasteiger partial charge on any atom is -0.376 e. The van der Waals surface area contributed by atoms with Gasteiger partial charge in [0.05, 0.1) is 12.2 Å². The number of rotatable bonds is 3. The third-order valence-corrected chi connectivity index (χ3v) is 6.62. The van der Waals surface area contributed by atoms with Crippen molar-refractivity contribution in [2.45, 2.75) is 65.7 Å². The van der Waals surface area contributed by atoms with Gasteiger partial charge in [0.25, 0.3) is 0 Å². The Labute approximate surface area is 172 Å². The molecule has 1 saturated carbocycles. The monoisotopic (exact) mass is 379 g/mol. The molecule has 0 amide bonds. The Morgan fingerprint density at radius 1 is 1.32 bits per heavy atom. The van der Waals surface area contributed by atoms with Crippen LogP contribution < -0.4 is 5.32 Å². The highest BCUT2D eigenvalue weighted by Crippen LogP contribution is 2.50. The SMILES string of the molecule is C/C=C1/CC2(CCC2)C(NC)=N/C1=C/C(C#CCN1CCC(C)CC1)=C/CC. The number of aliphatic imine (C=N–C) groups is 1. The Balaban J connectivity index is 1.77. The van der Waals surface area contributed by atoms with E-state index in [2.05, 4.69) is 61.1 Å². The molecule has 0 atom stereocenters. The second-order valence-electron chi connectivity index (χ2n) is 8.69. The smallest absolute Gasteiger partial charge is 0.109 e. The predicted molar refractivity (Wildman–Crippen MR) is 120 cm³/mol. The number of nitrogens with one attached hydrogen (secondary N) is 1. The first-order valence-electron chi connectivity index (χ1n) is 11.2. The van der Waals surface area contributed by atoms with E-state index < -0.39 is 0 Å². The van der Waals surface area contributed by atoms with Crippen molar-refractivity contribution in [1.82, 2.24) is 10.2 Å². The highest BCUT2D eigenvalue weighted by Gasteiger charge is 2.44. The third-order valence-electron chi connectivity index (χ3n) is 6.62. The molecule has 3 aliphatic rings. The Kier molecular flexibility index (Phi) is 7.18. The zero-order valence-corrected chi connectivity index (χ0v) is 18.3. The maximum absolute atomic E-state index is 5.04. The van der Waals surface area contributed by atoms with Crippen molar-refractivity contribution in [3.05, 3.63) is 35.1 Å². The van der Waals surface area contributed by atoms with Gasteiger partial charge in [-0.05, 0) is 76.1 Å². The van der Waals surface area contributed by atoms with Crippen LogP contribution in [0.4, 0.5) is 0 Å². The van der Waals surface area contributed by atoms with E-state index in [1.165, 1.54) is 56.6 Å². The average molecular weight is 380 g/mol. The number of allylic oxidation sites excluding steroid dienone is 5. The van der Waals surface area contributed by atoms with Crippen LogP contribution in [0, 0.1) is 23.2 Å². The van der Waals surface area contributed by atoms with Crippen LogP contribution in [0.15, 0.2) is 40.1 Å². The first kappa shape index (κ1) is 20.9. The molecule has 2 heterocycles. The van der Waals surface area contributed by atoms with Crippen molar-refractivity contribution in [2.75, 3.05) is 26.7 Å². The van der Waals surface area contributed by atoms with Gasteiger partial charge in [0.15, 0.2) is 0 Å². The van der Waals surface area contributed by atoms with Crippen molar-refractivity contribution >= 4 is 5.84 Å². The summed E-state index contributed by atoms with van der Waals surface area (Å²) in [5, 5.41) is 3.39. The lowest BCUT2D eigenvalue weighted by Gasteiger charge is -2.45. The van der Waals surface area contributed by atoms with Crippen molar-refractivity contribution < 1.29 is 0 Å². The van der Waals surface area contributed by atoms with Gasteiger partial charge in [-0.3, -0.25) is 4.90 Å². The maximum atomic E-state index is 5.04. The number of piperidine rings is 1. The summed E-state index contributed by atoms with van der Waals surface area (Å²) in [6.45, 7) is 9.92. The van der Waals surface area contributed by atoms with Crippen LogP contribution in [0.1, 0.15) is 65.7 Å². The Morgan fingerprint density at radius 2 is 2.07 bits per heavy atom. The number of likely N-dealkylation sites (tertiary alicyclic amines) is 1. The molecule has 1 saturated heterocycles. The minimum absolute atomic E-state index is 0.264. The molecule has 152 valence electrons. The molecule has 0 unspecified atom stereocenters. The second kappa shape index (κ2) is 9.61. The van der Waals surface area contributed by atoms with E-state index >= 15 is 0 Å². The first-order chi connectivity index (χ1) is 13.6. The Morgan fingerprint density at radius 3 is 2.64 bits per heavy atom. The van der Waals surface area contributed by atoms with Crippen LogP contribution in [0.25, 0.3) is 0 Å². The van der Waals surface area contributed by atoms with E-state index in [-0.39, 0.29) is 5.41 Å². The number of hydrogen-bond donors (Lipinski definition) is 1. The van der Waals surface area contributed by atoms with E-state index in [0.29, 0.717) is 0 Å². The van der Waals surface area contributed by atoms with Crippen LogP contribution in [0.5, 0.6) is 0 Å². The fourth-order valence-corrected chi connectivity index (χ4v) is 4.55. The van der Waals surface area contributed by atoms with Gasteiger partial charge in [0.2, 0.25) is 0 Å². The summed E-state index contributed by atoms with van der Waals surface area (Å²) in [7, 11) is 2.01. The van der Waals surface area contributed by atoms with Crippen molar-refractivity contribution in [3.63, 3.8) is 0 Å². The molecule has 0 radical (unpaired) electrons. The molecule has 2 fully saturated rings. The standard InChI is InChI=1S/C25H37N3/c1-5-9-21(10-7-15-28-16-11-20(3)12-17-28)18-23-22(6-2)19-25(13-8-14-25)24(26-4)27-23/h6,9,18,20H,5,8,11-17,19H2,1-4H3,(H,26,27)/b21-9+,22-6-,23-18+. The van der Waals surface area contributed by atoms with E-state index in [1.807, 2.05) is 7.05 Å². The molecule has 0 aromatic heterocycles. The lowest BCUT2D eigenvalue weighted by molar-refractivity contribution is 0.213. The Bertz CT molecular complexity index is 729. The van der Waals surface area contributed by atoms with Gasteiger partial charge in [-0.1, -0.05) is 44.3 Å². The van der Waals surface area contributed by atoms with Gasteiger partial charge >= 0.3 is 0 Å². The zero-order chi connectivity index (χ0) is 20.0. The molecular weight excluding hydrogens is 342 g/mol. The summed E-state index contributed by atoms with van der Waals surface area (Å²) in [4.78, 5) is 7.52. The van der Waals surface area contributed by atoms with Crippen LogP contribution in [0.2, 0.25) is 0 Å². The normalized spacial score (nSPS) is 26.0. The molecule has 0 bridgehead atoms. The summed E-state index contributed by atoms with van der Waals surface area (Å²) in [6, 6.07) is 0. The molecule has 1 N–H and O–H groups in total. The van der Waals surface area contributed by atoms with Crippen LogP contribution in [-0.4, -0.2) is 37.4 Å². The van der Waals surface area contributed by atoms with Crippen molar-refractivity contribution in [1.29, 1.82) is 0 Å². The summed E-state index contributed by atoms with van der Waals surface area (Å²) >= 11 is 0. The highest BCUT2D eigenvalue weighted by atomic mass is 15.1.